The van der Waals surface area contributed by atoms with Crippen LogP contribution in [0.15, 0.2) is 24.3 Å². The summed E-state index contributed by atoms with van der Waals surface area (Å²) >= 11 is 0. The highest BCUT2D eigenvalue weighted by molar-refractivity contribution is 5.97. The molecule has 0 aliphatic rings. The Morgan fingerprint density at radius 3 is 2.65 bits per heavy atom. The van der Waals surface area contributed by atoms with Gasteiger partial charge in [0, 0.05) is 12.1 Å². The van der Waals surface area contributed by atoms with Gasteiger partial charge in [0.05, 0.1) is 0 Å². The highest BCUT2D eigenvalue weighted by atomic mass is 16.2. The van der Waals surface area contributed by atoms with Gasteiger partial charge >= 0.3 is 0 Å². The molecule has 92 valence electrons. The Labute approximate surface area is 101 Å². The SMILES string of the molecule is CCNC(=O)[C@H](C)NC(=O)c1cccc(C)c1. The van der Waals surface area contributed by atoms with Crippen molar-refractivity contribution in [2.75, 3.05) is 6.54 Å². The predicted octanol–water partition coefficient (Wildman–Crippen LogP) is 1.25. The maximum absolute atomic E-state index is 11.8. The van der Waals surface area contributed by atoms with Gasteiger partial charge in [-0.1, -0.05) is 17.7 Å². The number of likely N-dealkylation sites (N-methyl/N-ethyl adjacent to an activating group) is 1. The molecule has 1 atom stereocenters. The van der Waals surface area contributed by atoms with E-state index in [-0.39, 0.29) is 11.8 Å². The molecule has 0 spiro atoms. The molecule has 0 aliphatic carbocycles. The molecule has 17 heavy (non-hydrogen) atoms. The first-order valence-corrected chi connectivity index (χ1v) is 5.69. The monoisotopic (exact) mass is 234 g/mol. The predicted molar refractivity (Wildman–Crippen MR) is 66.8 cm³/mol. The van der Waals surface area contributed by atoms with Gasteiger partial charge in [0.15, 0.2) is 0 Å². The van der Waals surface area contributed by atoms with Gasteiger partial charge in [-0.25, -0.2) is 0 Å². The average Bonchev–Trinajstić information content (AvgIpc) is 2.29. The minimum Gasteiger partial charge on any atom is -0.355 e. The van der Waals surface area contributed by atoms with Crippen molar-refractivity contribution in [1.29, 1.82) is 0 Å². The molecule has 0 fully saturated rings. The van der Waals surface area contributed by atoms with Crippen LogP contribution in [0.5, 0.6) is 0 Å². The summed E-state index contributed by atoms with van der Waals surface area (Å²) < 4.78 is 0. The molecule has 0 heterocycles. The van der Waals surface area contributed by atoms with Crippen molar-refractivity contribution in [3.63, 3.8) is 0 Å². The first kappa shape index (κ1) is 13.2. The molecule has 1 aromatic carbocycles. The lowest BCUT2D eigenvalue weighted by atomic mass is 10.1. The zero-order chi connectivity index (χ0) is 12.8. The third-order valence-corrected chi connectivity index (χ3v) is 2.37. The summed E-state index contributed by atoms with van der Waals surface area (Å²) in [5.74, 6) is -0.402. The second-order valence-corrected chi connectivity index (χ2v) is 3.96. The Hall–Kier alpha value is -1.84. The smallest absolute Gasteiger partial charge is 0.251 e. The Morgan fingerprint density at radius 2 is 2.06 bits per heavy atom. The largest absolute Gasteiger partial charge is 0.355 e. The minimum atomic E-state index is -0.525. The topological polar surface area (TPSA) is 58.2 Å². The van der Waals surface area contributed by atoms with Crippen molar-refractivity contribution in [1.82, 2.24) is 10.6 Å². The van der Waals surface area contributed by atoms with E-state index < -0.39 is 6.04 Å². The van der Waals surface area contributed by atoms with Gasteiger partial charge in [-0.2, -0.15) is 0 Å². The maximum atomic E-state index is 11.8. The molecule has 0 saturated heterocycles. The molecule has 0 unspecified atom stereocenters. The molecule has 4 nitrogen and oxygen atoms in total. The first-order chi connectivity index (χ1) is 8.04. The van der Waals surface area contributed by atoms with Crippen LogP contribution in [-0.2, 0) is 4.79 Å². The van der Waals surface area contributed by atoms with Crippen molar-refractivity contribution >= 4 is 11.8 Å². The lowest BCUT2D eigenvalue weighted by molar-refractivity contribution is -0.122. The number of hydrogen-bond donors (Lipinski definition) is 2. The Morgan fingerprint density at radius 1 is 1.35 bits per heavy atom. The lowest BCUT2D eigenvalue weighted by Gasteiger charge is -2.13. The summed E-state index contributed by atoms with van der Waals surface area (Å²) in [5, 5.41) is 5.32. The molecule has 0 aromatic heterocycles. The van der Waals surface area contributed by atoms with Crippen LogP contribution >= 0.6 is 0 Å². The number of rotatable bonds is 4. The van der Waals surface area contributed by atoms with Crippen LogP contribution in [0.25, 0.3) is 0 Å². The highest BCUT2D eigenvalue weighted by Gasteiger charge is 2.15. The molecule has 1 aromatic rings. The van der Waals surface area contributed by atoms with Gasteiger partial charge in [-0.15, -0.1) is 0 Å². The summed E-state index contributed by atoms with van der Waals surface area (Å²) in [7, 11) is 0. The maximum Gasteiger partial charge on any atom is 0.251 e. The molecule has 0 radical (unpaired) electrons. The van der Waals surface area contributed by atoms with Crippen molar-refractivity contribution in [3.05, 3.63) is 35.4 Å². The van der Waals surface area contributed by atoms with E-state index in [1.807, 2.05) is 26.0 Å². The summed E-state index contributed by atoms with van der Waals surface area (Å²) in [6, 6.07) is 6.74. The van der Waals surface area contributed by atoms with Crippen molar-refractivity contribution in [2.45, 2.75) is 26.8 Å². The normalized spacial score (nSPS) is 11.7. The molecule has 0 aliphatic heterocycles. The van der Waals surface area contributed by atoms with E-state index in [1.54, 1.807) is 19.1 Å². The second kappa shape index (κ2) is 6.03. The summed E-state index contributed by atoms with van der Waals surface area (Å²) in [6.07, 6.45) is 0. The third kappa shape index (κ3) is 3.90. The highest BCUT2D eigenvalue weighted by Crippen LogP contribution is 2.03. The van der Waals surface area contributed by atoms with E-state index in [1.165, 1.54) is 0 Å². The van der Waals surface area contributed by atoms with E-state index in [9.17, 15) is 9.59 Å². The minimum absolute atomic E-state index is 0.173. The number of hydrogen-bond acceptors (Lipinski definition) is 2. The molecule has 2 amide bonds. The number of aryl methyl sites for hydroxylation is 1. The number of nitrogens with one attached hydrogen (secondary N) is 2. The Bertz CT molecular complexity index is 416. The molecule has 0 saturated carbocycles. The van der Waals surface area contributed by atoms with Crippen molar-refractivity contribution in [2.24, 2.45) is 0 Å². The Kier molecular flexibility index (Phi) is 4.69. The van der Waals surface area contributed by atoms with E-state index in [0.717, 1.165) is 5.56 Å². The fourth-order valence-corrected chi connectivity index (χ4v) is 1.46. The van der Waals surface area contributed by atoms with Crippen molar-refractivity contribution < 1.29 is 9.59 Å². The quantitative estimate of drug-likeness (QED) is 0.823. The lowest BCUT2D eigenvalue weighted by Crippen LogP contribution is -2.44. The second-order valence-electron chi connectivity index (χ2n) is 3.96. The van der Waals surface area contributed by atoms with E-state index in [2.05, 4.69) is 10.6 Å². The fraction of sp³-hybridized carbons (Fsp3) is 0.385. The van der Waals surface area contributed by atoms with Crippen LogP contribution in [0.1, 0.15) is 29.8 Å². The molecule has 1 rings (SSSR count). The van der Waals surface area contributed by atoms with Gasteiger partial charge < -0.3 is 10.6 Å². The molecular formula is C13H18N2O2. The van der Waals surface area contributed by atoms with Gasteiger partial charge in [-0.05, 0) is 32.9 Å². The fourth-order valence-electron chi connectivity index (χ4n) is 1.46. The Balaban J connectivity index is 2.63. The van der Waals surface area contributed by atoms with E-state index in [4.69, 9.17) is 0 Å². The molecular weight excluding hydrogens is 216 g/mol. The van der Waals surface area contributed by atoms with Crippen LogP contribution in [0.4, 0.5) is 0 Å². The van der Waals surface area contributed by atoms with Crippen LogP contribution in [0.3, 0.4) is 0 Å². The summed E-state index contributed by atoms with van der Waals surface area (Å²) in [4.78, 5) is 23.3. The number of carbonyl (C=O) groups excluding carboxylic acids is 2. The molecule has 2 N–H and O–H groups in total. The summed E-state index contributed by atoms with van der Waals surface area (Å²) in [5.41, 5.74) is 1.59. The summed E-state index contributed by atoms with van der Waals surface area (Å²) in [6.45, 7) is 5.99. The van der Waals surface area contributed by atoms with Gasteiger partial charge in [0.2, 0.25) is 5.91 Å². The average molecular weight is 234 g/mol. The number of amides is 2. The standard InChI is InChI=1S/C13H18N2O2/c1-4-14-12(16)10(3)15-13(17)11-7-5-6-9(2)8-11/h5-8,10H,4H2,1-3H3,(H,14,16)(H,15,17)/t10-/m0/s1. The van der Waals surface area contributed by atoms with Gasteiger partial charge in [-0.3, -0.25) is 9.59 Å². The van der Waals surface area contributed by atoms with Crippen LogP contribution in [0.2, 0.25) is 0 Å². The number of carbonyl (C=O) groups is 2. The van der Waals surface area contributed by atoms with Crippen LogP contribution in [0, 0.1) is 6.92 Å². The van der Waals surface area contributed by atoms with E-state index >= 15 is 0 Å². The van der Waals surface area contributed by atoms with E-state index in [0.29, 0.717) is 12.1 Å². The first-order valence-electron chi connectivity index (χ1n) is 5.69. The van der Waals surface area contributed by atoms with Crippen molar-refractivity contribution in [3.8, 4) is 0 Å². The van der Waals surface area contributed by atoms with Gasteiger partial charge in [0.25, 0.3) is 5.91 Å². The van der Waals surface area contributed by atoms with Gasteiger partial charge in [0.1, 0.15) is 6.04 Å². The molecule has 0 bridgehead atoms. The zero-order valence-electron chi connectivity index (χ0n) is 10.4. The third-order valence-electron chi connectivity index (χ3n) is 2.37. The van der Waals surface area contributed by atoms with Crippen LogP contribution < -0.4 is 10.6 Å². The van der Waals surface area contributed by atoms with Crippen LogP contribution in [-0.4, -0.2) is 24.4 Å². The zero-order valence-corrected chi connectivity index (χ0v) is 10.4. The number of benzene rings is 1. The molecule has 4 heteroatoms.